The van der Waals surface area contributed by atoms with Crippen molar-refractivity contribution < 1.29 is 27.4 Å². The van der Waals surface area contributed by atoms with Crippen molar-refractivity contribution in [3.8, 4) is 0 Å². The van der Waals surface area contributed by atoms with Crippen molar-refractivity contribution in [2.24, 2.45) is 0 Å². The van der Waals surface area contributed by atoms with Crippen LogP contribution in [0.1, 0.15) is 64.6 Å². The molecule has 1 aromatic heterocycles. The topological polar surface area (TPSA) is 92.8 Å². The van der Waals surface area contributed by atoms with Crippen LogP contribution in [-0.2, 0) is 0 Å². The van der Waals surface area contributed by atoms with E-state index in [0.717, 1.165) is 36.4 Å². The Morgan fingerprint density at radius 1 is 0.745 bits per heavy atom. The monoisotopic (exact) mass is 708 g/mol. The van der Waals surface area contributed by atoms with Crippen LogP contribution in [0.15, 0.2) is 48.5 Å². The highest BCUT2D eigenvalue weighted by atomic mass is 35.5. The third kappa shape index (κ3) is 6.23. The molecule has 0 unspecified atom stereocenters. The molecule has 47 heavy (non-hydrogen) atoms. The molecule has 4 aromatic rings. The number of benzene rings is 3. The molecule has 0 aliphatic carbocycles. The minimum atomic E-state index is -1.08. The van der Waals surface area contributed by atoms with Gasteiger partial charge in [0.25, 0.3) is 11.4 Å². The summed E-state index contributed by atoms with van der Waals surface area (Å²) in [5.41, 5.74) is -1.92. The van der Waals surface area contributed by atoms with Crippen molar-refractivity contribution in [1.82, 2.24) is 0 Å². The van der Waals surface area contributed by atoms with Gasteiger partial charge in [-0.15, -0.1) is 11.3 Å². The summed E-state index contributed by atoms with van der Waals surface area (Å²) in [6.45, 7) is 2.84. The molecule has 0 amide bonds. The molecule has 2 atom stereocenters. The van der Waals surface area contributed by atoms with Crippen LogP contribution in [0, 0.1) is 50.4 Å². The molecule has 3 aromatic carbocycles. The van der Waals surface area contributed by atoms with Crippen molar-refractivity contribution in [3.63, 3.8) is 0 Å². The maximum absolute atomic E-state index is 16.0. The summed E-state index contributed by atoms with van der Waals surface area (Å²) < 4.78 is 62.8. The second-order valence-corrected chi connectivity index (χ2v) is 13.8. The molecule has 2 fully saturated rings. The number of aryl methyl sites for hydroxylation is 1. The molecule has 0 spiro atoms. The van der Waals surface area contributed by atoms with E-state index in [-0.39, 0.29) is 41.3 Å². The molecule has 6 rings (SSSR count). The van der Waals surface area contributed by atoms with Crippen molar-refractivity contribution in [2.75, 3.05) is 22.9 Å². The number of nitro groups is 2. The van der Waals surface area contributed by atoms with Gasteiger partial charge in [-0.05, 0) is 74.9 Å². The van der Waals surface area contributed by atoms with E-state index >= 15 is 17.6 Å². The molecule has 0 N–H and O–H groups in total. The summed E-state index contributed by atoms with van der Waals surface area (Å²) in [7, 11) is 0. The Bertz CT molecular complexity index is 1800. The van der Waals surface area contributed by atoms with Crippen LogP contribution in [0.2, 0.25) is 10.0 Å². The summed E-state index contributed by atoms with van der Waals surface area (Å²) >= 11 is 13.5. The fourth-order valence-electron chi connectivity index (χ4n) is 6.74. The van der Waals surface area contributed by atoms with E-state index in [9.17, 15) is 20.2 Å². The Labute approximate surface area is 280 Å². The molecule has 0 bridgehead atoms. The first-order valence-electron chi connectivity index (χ1n) is 14.7. The first-order chi connectivity index (χ1) is 22.3. The third-order valence-electron chi connectivity index (χ3n) is 8.90. The van der Waals surface area contributed by atoms with E-state index in [0.29, 0.717) is 25.9 Å². The van der Waals surface area contributed by atoms with E-state index in [2.05, 4.69) is 6.07 Å². The van der Waals surface area contributed by atoms with E-state index < -0.39 is 66.6 Å². The smallest absolute Gasteiger partial charge is 0.288 e. The van der Waals surface area contributed by atoms with Crippen LogP contribution in [0.4, 0.5) is 40.3 Å². The zero-order valence-electron chi connectivity index (χ0n) is 24.7. The Morgan fingerprint density at radius 3 is 1.66 bits per heavy atom. The molecule has 2 aliphatic heterocycles. The van der Waals surface area contributed by atoms with Crippen molar-refractivity contribution in [1.29, 1.82) is 0 Å². The number of hydrogen-bond donors (Lipinski definition) is 0. The predicted molar refractivity (Wildman–Crippen MR) is 173 cm³/mol. The molecular formula is C32H26Cl2F4N4O4S. The van der Waals surface area contributed by atoms with Gasteiger partial charge in [0.2, 0.25) is 0 Å². The molecule has 8 nitrogen and oxygen atoms in total. The van der Waals surface area contributed by atoms with Crippen molar-refractivity contribution in [3.05, 3.63) is 123 Å². The number of nitrogens with zero attached hydrogens (tertiary/aromatic N) is 4. The van der Waals surface area contributed by atoms with Gasteiger partial charge < -0.3 is 9.80 Å². The average molecular weight is 710 g/mol. The average Bonchev–Trinajstić information content (AvgIpc) is 3.63. The summed E-state index contributed by atoms with van der Waals surface area (Å²) in [5, 5.41) is 22.4. The van der Waals surface area contributed by atoms with E-state index in [1.807, 2.05) is 13.0 Å². The second kappa shape index (κ2) is 12.9. The van der Waals surface area contributed by atoms with Gasteiger partial charge in [0, 0.05) is 51.8 Å². The number of rotatable bonds is 7. The number of halogens is 6. The maximum Gasteiger partial charge on any atom is 0.288 e. The lowest BCUT2D eigenvalue weighted by Crippen LogP contribution is -2.34. The van der Waals surface area contributed by atoms with Crippen molar-refractivity contribution >= 4 is 57.3 Å². The molecule has 15 heteroatoms. The van der Waals surface area contributed by atoms with Crippen LogP contribution in [0.25, 0.3) is 0 Å². The fourth-order valence-corrected chi connectivity index (χ4v) is 8.23. The number of hydrogen-bond acceptors (Lipinski definition) is 7. The minimum Gasteiger partial charge on any atom is -0.367 e. The quantitative estimate of drug-likeness (QED) is 0.108. The second-order valence-electron chi connectivity index (χ2n) is 11.6. The summed E-state index contributed by atoms with van der Waals surface area (Å²) in [6, 6.07) is 7.52. The lowest BCUT2D eigenvalue weighted by Gasteiger charge is -2.36. The SMILES string of the molecule is Cc1ccc(C2CCN(c3c(F)cc(N4[C@@H](c5cc([N+](=O)[O-])c(Cl)cc5F)CC[C@@H]4c4cc([N+](=O)[O-])c(Cl)cc4F)cc3F)CC2)s1. The van der Waals surface area contributed by atoms with Gasteiger partial charge in [-0.1, -0.05) is 23.2 Å². The highest BCUT2D eigenvalue weighted by molar-refractivity contribution is 7.12. The Kier molecular flexibility index (Phi) is 9.07. The van der Waals surface area contributed by atoms with Gasteiger partial charge >= 0.3 is 0 Å². The summed E-state index contributed by atoms with van der Waals surface area (Å²) in [4.78, 5) is 27.1. The lowest BCUT2D eigenvalue weighted by molar-refractivity contribution is -0.384. The van der Waals surface area contributed by atoms with E-state index in [4.69, 9.17) is 23.2 Å². The van der Waals surface area contributed by atoms with E-state index in [1.165, 1.54) is 14.7 Å². The van der Waals surface area contributed by atoms with Gasteiger partial charge in [-0.25, -0.2) is 17.6 Å². The molecule has 2 saturated heterocycles. The standard InChI is InChI=1S/C32H26Cl2F4N4O4S/c1-16-2-5-31(47-16)17-6-8-39(9-7-17)32-25(37)10-18(11-26(32)38)40-27(19-12-29(41(43)44)21(33)14-23(19)35)3-4-28(40)20-13-30(42(45)46)22(34)15-24(20)36/h2,5,10-15,17,27-28H,3-4,6-9H2,1H3/t27-,28-/m1/s1. The van der Waals surface area contributed by atoms with Crippen LogP contribution in [0.5, 0.6) is 0 Å². The largest absolute Gasteiger partial charge is 0.367 e. The predicted octanol–water partition coefficient (Wildman–Crippen LogP) is 10.2. The summed E-state index contributed by atoms with van der Waals surface area (Å²) in [6.07, 6.45) is 1.49. The Morgan fingerprint density at radius 2 is 1.23 bits per heavy atom. The Balaban J connectivity index is 1.41. The molecule has 3 heterocycles. The molecule has 0 radical (unpaired) electrons. The summed E-state index contributed by atoms with van der Waals surface area (Å²) in [5.74, 6) is -3.36. The van der Waals surface area contributed by atoms with Crippen LogP contribution in [-0.4, -0.2) is 22.9 Å². The normalized spacial score (nSPS) is 18.6. The van der Waals surface area contributed by atoms with Gasteiger partial charge in [-0.2, -0.15) is 0 Å². The van der Waals surface area contributed by atoms with Gasteiger partial charge in [0.05, 0.1) is 21.9 Å². The van der Waals surface area contributed by atoms with Gasteiger partial charge in [-0.3, -0.25) is 20.2 Å². The van der Waals surface area contributed by atoms with E-state index in [1.54, 1.807) is 16.2 Å². The zero-order chi connectivity index (χ0) is 33.7. The first kappa shape index (κ1) is 33.0. The number of piperidine rings is 1. The Hall–Kier alpha value is -3.94. The van der Waals surface area contributed by atoms with Crippen LogP contribution >= 0.6 is 34.5 Å². The first-order valence-corrected chi connectivity index (χ1v) is 16.3. The van der Waals surface area contributed by atoms with Gasteiger partial charge in [0.1, 0.15) is 27.4 Å². The molecular weight excluding hydrogens is 683 g/mol. The van der Waals surface area contributed by atoms with Crippen molar-refractivity contribution in [2.45, 2.75) is 50.6 Å². The number of anilines is 2. The van der Waals surface area contributed by atoms with Crippen LogP contribution in [0.3, 0.4) is 0 Å². The zero-order valence-corrected chi connectivity index (χ0v) is 27.0. The van der Waals surface area contributed by atoms with Crippen LogP contribution < -0.4 is 9.80 Å². The lowest BCUT2D eigenvalue weighted by atomic mass is 9.94. The fraction of sp³-hybridized carbons (Fsp3) is 0.312. The molecule has 246 valence electrons. The number of thiophene rings is 1. The number of nitro benzene ring substituents is 2. The highest BCUT2D eigenvalue weighted by Gasteiger charge is 2.41. The highest BCUT2D eigenvalue weighted by Crippen LogP contribution is 2.51. The molecule has 0 saturated carbocycles. The van der Waals surface area contributed by atoms with Gasteiger partial charge in [0.15, 0.2) is 11.6 Å². The molecule has 2 aliphatic rings. The maximum atomic E-state index is 16.0. The third-order valence-corrected chi connectivity index (χ3v) is 10.7. The minimum absolute atomic E-state index is 0.0525.